The number of carbonyl (C=O) groups is 1. The van der Waals surface area contributed by atoms with E-state index in [1.54, 1.807) is 6.07 Å². The standard InChI is InChI=1S/C21H22ClN3O2/c1-27-21(26)20(18-8-4-5-9-19(18)22)25-12-10-24(11-13-25)15-17-7-3-2-6-16(17)14-23/h2-9,20H,10-13,15H2,1H3. The van der Waals surface area contributed by atoms with E-state index in [1.807, 2.05) is 42.5 Å². The summed E-state index contributed by atoms with van der Waals surface area (Å²) in [4.78, 5) is 16.9. The van der Waals surface area contributed by atoms with Crippen LogP contribution in [-0.4, -0.2) is 49.1 Å². The van der Waals surface area contributed by atoms with Gasteiger partial charge in [-0.3, -0.25) is 9.80 Å². The number of hydrogen-bond donors (Lipinski definition) is 0. The van der Waals surface area contributed by atoms with Crippen LogP contribution in [0.2, 0.25) is 5.02 Å². The Morgan fingerprint density at radius 3 is 2.48 bits per heavy atom. The van der Waals surface area contributed by atoms with Gasteiger partial charge in [-0.25, -0.2) is 4.79 Å². The molecule has 1 aliphatic heterocycles. The van der Waals surface area contributed by atoms with Gasteiger partial charge in [0.05, 0.1) is 18.7 Å². The van der Waals surface area contributed by atoms with E-state index in [-0.39, 0.29) is 5.97 Å². The van der Waals surface area contributed by atoms with Gasteiger partial charge in [0.2, 0.25) is 0 Å². The third-order valence-electron chi connectivity index (χ3n) is 4.93. The maximum Gasteiger partial charge on any atom is 0.327 e. The van der Waals surface area contributed by atoms with Crippen molar-refractivity contribution >= 4 is 17.6 Å². The fourth-order valence-corrected chi connectivity index (χ4v) is 3.71. The minimum absolute atomic E-state index is 0.300. The first kappa shape index (κ1) is 19.4. The molecule has 6 heteroatoms. The number of hydrogen-bond acceptors (Lipinski definition) is 5. The van der Waals surface area contributed by atoms with Crippen LogP contribution in [0.25, 0.3) is 0 Å². The lowest BCUT2D eigenvalue weighted by atomic mass is 10.0. The Hall–Kier alpha value is -2.39. The molecule has 0 aliphatic carbocycles. The molecule has 5 nitrogen and oxygen atoms in total. The Labute approximate surface area is 164 Å². The Morgan fingerprint density at radius 1 is 1.15 bits per heavy atom. The number of benzene rings is 2. The predicted molar refractivity (Wildman–Crippen MR) is 104 cm³/mol. The fourth-order valence-electron chi connectivity index (χ4n) is 3.47. The Morgan fingerprint density at radius 2 is 1.81 bits per heavy atom. The molecule has 1 saturated heterocycles. The van der Waals surface area contributed by atoms with Crippen LogP contribution < -0.4 is 0 Å². The molecule has 27 heavy (non-hydrogen) atoms. The average molecular weight is 384 g/mol. The van der Waals surface area contributed by atoms with Crippen molar-refractivity contribution in [2.45, 2.75) is 12.6 Å². The molecule has 1 unspecified atom stereocenters. The van der Waals surface area contributed by atoms with Crippen LogP contribution in [0, 0.1) is 11.3 Å². The van der Waals surface area contributed by atoms with Crippen LogP contribution >= 0.6 is 11.6 Å². The Kier molecular flexibility index (Phi) is 6.46. The number of nitriles is 1. The van der Waals surface area contributed by atoms with E-state index in [0.717, 1.165) is 43.9 Å². The summed E-state index contributed by atoms with van der Waals surface area (Å²) >= 11 is 6.33. The lowest BCUT2D eigenvalue weighted by molar-refractivity contribution is -0.148. The Bertz CT molecular complexity index is 841. The molecular weight excluding hydrogens is 362 g/mol. The molecule has 0 bridgehead atoms. The van der Waals surface area contributed by atoms with Crippen LogP contribution in [0.5, 0.6) is 0 Å². The van der Waals surface area contributed by atoms with Crippen molar-refractivity contribution in [1.29, 1.82) is 5.26 Å². The molecule has 0 spiro atoms. The molecule has 1 heterocycles. The topological polar surface area (TPSA) is 56.6 Å². The molecule has 0 amide bonds. The third kappa shape index (κ3) is 4.48. The quantitative estimate of drug-likeness (QED) is 0.742. The summed E-state index contributed by atoms with van der Waals surface area (Å²) in [5.74, 6) is -0.300. The zero-order valence-electron chi connectivity index (χ0n) is 15.3. The van der Waals surface area contributed by atoms with Gasteiger partial charge in [-0.15, -0.1) is 0 Å². The minimum atomic E-state index is -0.503. The molecule has 2 aromatic rings. The highest BCUT2D eigenvalue weighted by molar-refractivity contribution is 6.31. The highest BCUT2D eigenvalue weighted by Gasteiger charge is 2.32. The maximum atomic E-state index is 12.4. The van der Waals surface area contributed by atoms with Crippen LogP contribution in [0.15, 0.2) is 48.5 Å². The number of piperazine rings is 1. The van der Waals surface area contributed by atoms with Gasteiger partial charge in [0.1, 0.15) is 6.04 Å². The molecule has 1 atom stereocenters. The summed E-state index contributed by atoms with van der Waals surface area (Å²) in [6.45, 7) is 3.78. The van der Waals surface area contributed by atoms with E-state index in [1.165, 1.54) is 7.11 Å². The summed E-state index contributed by atoms with van der Waals surface area (Å²) in [7, 11) is 1.40. The molecule has 0 radical (unpaired) electrons. The van der Waals surface area contributed by atoms with Gasteiger partial charge in [0.15, 0.2) is 0 Å². The molecule has 140 valence electrons. The SMILES string of the molecule is COC(=O)C(c1ccccc1Cl)N1CCN(Cc2ccccc2C#N)CC1. The van der Waals surface area contributed by atoms with Crippen molar-refractivity contribution in [3.63, 3.8) is 0 Å². The first-order chi connectivity index (χ1) is 13.1. The zero-order chi connectivity index (χ0) is 19.2. The van der Waals surface area contributed by atoms with Gasteiger partial charge in [-0.1, -0.05) is 48.0 Å². The van der Waals surface area contributed by atoms with Gasteiger partial charge >= 0.3 is 5.97 Å². The van der Waals surface area contributed by atoms with Gasteiger partial charge < -0.3 is 4.74 Å². The number of ether oxygens (including phenoxy) is 1. The molecule has 0 N–H and O–H groups in total. The maximum absolute atomic E-state index is 12.4. The number of rotatable bonds is 5. The second kappa shape index (κ2) is 9.01. The molecule has 3 rings (SSSR count). The van der Waals surface area contributed by atoms with E-state index in [2.05, 4.69) is 15.9 Å². The number of carbonyl (C=O) groups excluding carboxylic acids is 1. The Balaban J connectivity index is 1.70. The molecule has 0 saturated carbocycles. The molecular formula is C21H22ClN3O2. The number of esters is 1. The van der Waals surface area contributed by atoms with Crippen molar-refractivity contribution in [2.75, 3.05) is 33.3 Å². The molecule has 1 aliphatic rings. The fraction of sp³-hybridized carbons (Fsp3) is 0.333. The van der Waals surface area contributed by atoms with Crippen molar-refractivity contribution in [2.24, 2.45) is 0 Å². The van der Waals surface area contributed by atoms with Crippen molar-refractivity contribution in [3.8, 4) is 6.07 Å². The predicted octanol–water partition coefficient (Wildman–Crippen LogP) is 3.24. The van der Waals surface area contributed by atoms with E-state index in [0.29, 0.717) is 10.6 Å². The first-order valence-corrected chi connectivity index (χ1v) is 9.28. The highest BCUT2D eigenvalue weighted by Crippen LogP contribution is 2.29. The third-order valence-corrected chi connectivity index (χ3v) is 5.27. The summed E-state index contributed by atoms with van der Waals surface area (Å²) in [5, 5.41) is 9.83. The number of methoxy groups -OCH3 is 1. The van der Waals surface area contributed by atoms with Crippen LogP contribution in [0.3, 0.4) is 0 Å². The van der Waals surface area contributed by atoms with Gasteiger partial charge in [-0.05, 0) is 23.3 Å². The lowest BCUT2D eigenvalue weighted by Gasteiger charge is -2.38. The van der Waals surface area contributed by atoms with E-state index in [4.69, 9.17) is 16.3 Å². The smallest absolute Gasteiger partial charge is 0.327 e. The molecule has 1 fully saturated rings. The van der Waals surface area contributed by atoms with Crippen LogP contribution in [-0.2, 0) is 16.1 Å². The van der Waals surface area contributed by atoms with Crippen LogP contribution in [0.1, 0.15) is 22.7 Å². The van der Waals surface area contributed by atoms with E-state index in [9.17, 15) is 10.1 Å². The summed E-state index contributed by atoms with van der Waals surface area (Å²) in [6, 6.07) is 16.8. The number of halogens is 1. The van der Waals surface area contributed by atoms with Gasteiger partial charge in [0.25, 0.3) is 0 Å². The molecule has 0 aromatic heterocycles. The largest absolute Gasteiger partial charge is 0.468 e. The summed E-state index contributed by atoms with van der Waals surface area (Å²) < 4.78 is 5.04. The highest BCUT2D eigenvalue weighted by atomic mass is 35.5. The van der Waals surface area contributed by atoms with E-state index < -0.39 is 6.04 Å². The average Bonchev–Trinajstić information content (AvgIpc) is 2.71. The first-order valence-electron chi connectivity index (χ1n) is 8.90. The summed E-state index contributed by atoms with van der Waals surface area (Å²) in [6.07, 6.45) is 0. The molecule has 2 aromatic carbocycles. The van der Waals surface area contributed by atoms with Crippen molar-refractivity contribution < 1.29 is 9.53 Å². The lowest BCUT2D eigenvalue weighted by Crippen LogP contribution is -2.49. The van der Waals surface area contributed by atoms with Crippen molar-refractivity contribution in [1.82, 2.24) is 9.80 Å². The van der Waals surface area contributed by atoms with Gasteiger partial charge in [-0.2, -0.15) is 5.26 Å². The van der Waals surface area contributed by atoms with E-state index >= 15 is 0 Å². The summed E-state index contributed by atoms with van der Waals surface area (Å²) in [5.41, 5.74) is 2.52. The monoisotopic (exact) mass is 383 g/mol. The van der Waals surface area contributed by atoms with Gasteiger partial charge in [0, 0.05) is 37.7 Å². The number of nitrogens with zero attached hydrogens (tertiary/aromatic N) is 3. The van der Waals surface area contributed by atoms with Crippen LogP contribution in [0.4, 0.5) is 0 Å². The normalized spacial score (nSPS) is 16.5. The second-order valence-corrected chi connectivity index (χ2v) is 6.94. The minimum Gasteiger partial charge on any atom is -0.468 e. The second-order valence-electron chi connectivity index (χ2n) is 6.53. The zero-order valence-corrected chi connectivity index (χ0v) is 16.0. The van der Waals surface area contributed by atoms with Crippen molar-refractivity contribution in [3.05, 3.63) is 70.2 Å².